The van der Waals surface area contributed by atoms with Crippen LogP contribution in [0.3, 0.4) is 0 Å². The van der Waals surface area contributed by atoms with Gasteiger partial charge in [-0.2, -0.15) is 0 Å². The number of nitrogens with zero attached hydrogens (tertiary/aromatic N) is 2. The Morgan fingerprint density at radius 1 is 1.08 bits per heavy atom. The zero-order valence-corrected chi connectivity index (χ0v) is 15.5. The van der Waals surface area contributed by atoms with Crippen molar-refractivity contribution in [3.8, 4) is 5.69 Å². The van der Waals surface area contributed by atoms with Crippen LogP contribution in [-0.4, -0.2) is 28.7 Å². The molecule has 3 rings (SSSR count). The van der Waals surface area contributed by atoms with E-state index < -0.39 is 5.97 Å². The van der Waals surface area contributed by atoms with Crippen molar-refractivity contribution < 1.29 is 9.90 Å². The Bertz CT molecular complexity index is 932. The van der Waals surface area contributed by atoms with Gasteiger partial charge in [0.2, 0.25) is 0 Å². The van der Waals surface area contributed by atoms with E-state index >= 15 is 0 Å². The molecule has 0 amide bonds. The number of carbonyl (C=O) groups is 1. The third-order valence-corrected chi connectivity index (χ3v) is 5.10. The standard InChI is InChI=1S/C19H18Cl2N2O2/c1-3-22(4-2)17-15-14(11-10-13(20)16(15)21)23(18(17)19(24)25)12-8-6-5-7-9-12/h5-11H,3-4H2,1-2H3,(H,24,25). The SMILES string of the molecule is CCN(CC)c1c(C(=O)O)n(-c2ccccc2)c2ccc(Cl)c(Cl)c12. The fourth-order valence-electron chi connectivity index (χ4n) is 3.19. The molecule has 25 heavy (non-hydrogen) atoms. The number of halogens is 2. The number of carboxylic acid groups (broad SMARTS) is 1. The van der Waals surface area contributed by atoms with Crippen molar-refractivity contribution in [2.75, 3.05) is 18.0 Å². The summed E-state index contributed by atoms with van der Waals surface area (Å²) in [6, 6.07) is 12.9. The summed E-state index contributed by atoms with van der Waals surface area (Å²) in [6.07, 6.45) is 0. The van der Waals surface area contributed by atoms with Gasteiger partial charge in [0.15, 0.2) is 5.69 Å². The molecule has 0 fully saturated rings. The number of carboxylic acids is 1. The molecule has 1 aromatic heterocycles. The lowest BCUT2D eigenvalue weighted by Crippen LogP contribution is -2.24. The lowest BCUT2D eigenvalue weighted by atomic mass is 10.2. The second kappa shape index (κ2) is 6.98. The van der Waals surface area contributed by atoms with E-state index in [-0.39, 0.29) is 5.69 Å². The largest absolute Gasteiger partial charge is 0.476 e. The second-order valence-electron chi connectivity index (χ2n) is 5.60. The quantitative estimate of drug-likeness (QED) is 0.640. The van der Waals surface area contributed by atoms with Gasteiger partial charge in [0.25, 0.3) is 0 Å². The predicted molar refractivity (Wildman–Crippen MR) is 104 cm³/mol. The van der Waals surface area contributed by atoms with Gasteiger partial charge >= 0.3 is 5.97 Å². The molecule has 2 aromatic carbocycles. The average Bonchev–Trinajstić information content (AvgIpc) is 2.96. The Morgan fingerprint density at radius 3 is 2.28 bits per heavy atom. The van der Waals surface area contributed by atoms with E-state index in [9.17, 15) is 9.90 Å². The smallest absolute Gasteiger partial charge is 0.355 e. The summed E-state index contributed by atoms with van der Waals surface area (Å²) in [5.74, 6) is -1.01. The minimum Gasteiger partial charge on any atom is -0.476 e. The summed E-state index contributed by atoms with van der Waals surface area (Å²) < 4.78 is 1.73. The molecule has 0 unspecified atom stereocenters. The molecule has 0 atom stereocenters. The van der Waals surface area contributed by atoms with Crippen LogP contribution in [0.25, 0.3) is 16.6 Å². The number of aromatic nitrogens is 1. The summed E-state index contributed by atoms with van der Waals surface area (Å²) in [5, 5.41) is 11.4. The van der Waals surface area contributed by atoms with Crippen LogP contribution in [0, 0.1) is 0 Å². The number of fused-ring (bicyclic) bond motifs is 1. The molecule has 3 aromatic rings. The number of aromatic carboxylic acids is 1. The maximum atomic E-state index is 12.2. The van der Waals surface area contributed by atoms with E-state index in [2.05, 4.69) is 0 Å². The van der Waals surface area contributed by atoms with Gasteiger partial charge in [-0.1, -0.05) is 41.4 Å². The monoisotopic (exact) mass is 376 g/mol. The molecule has 0 aliphatic rings. The summed E-state index contributed by atoms with van der Waals surface area (Å²) in [7, 11) is 0. The molecule has 0 spiro atoms. The Labute approximate surface area is 156 Å². The highest BCUT2D eigenvalue weighted by Gasteiger charge is 2.28. The Kier molecular flexibility index (Phi) is 4.93. The molecule has 6 heteroatoms. The molecule has 4 nitrogen and oxygen atoms in total. The van der Waals surface area contributed by atoms with Crippen LogP contribution in [-0.2, 0) is 0 Å². The number of hydrogen-bond donors (Lipinski definition) is 1. The van der Waals surface area contributed by atoms with Gasteiger partial charge in [-0.05, 0) is 38.1 Å². The van der Waals surface area contributed by atoms with Gasteiger partial charge in [0, 0.05) is 24.2 Å². The van der Waals surface area contributed by atoms with Gasteiger partial charge in [-0.3, -0.25) is 0 Å². The van der Waals surface area contributed by atoms with Crippen molar-refractivity contribution in [2.24, 2.45) is 0 Å². The maximum absolute atomic E-state index is 12.2. The van der Waals surface area contributed by atoms with Gasteiger partial charge in [-0.15, -0.1) is 0 Å². The minimum absolute atomic E-state index is 0.189. The third kappa shape index (κ3) is 2.86. The first-order valence-electron chi connectivity index (χ1n) is 8.07. The molecule has 130 valence electrons. The van der Waals surface area contributed by atoms with Gasteiger partial charge in [-0.25, -0.2) is 4.79 Å². The average molecular weight is 377 g/mol. The van der Waals surface area contributed by atoms with Crippen LogP contribution in [0.1, 0.15) is 24.3 Å². The van der Waals surface area contributed by atoms with E-state index in [1.54, 1.807) is 10.6 Å². The minimum atomic E-state index is -1.01. The second-order valence-corrected chi connectivity index (χ2v) is 6.39. The molecular formula is C19H18Cl2N2O2. The molecule has 0 saturated heterocycles. The van der Waals surface area contributed by atoms with Crippen LogP contribution in [0.4, 0.5) is 5.69 Å². The molecule has 1 N–H and O–H groups in total. The van der Waals surface area contributed by atoms with Crippen LogP contribution < -0.4 is 4.90 Å². The van der Waals surface area contributed by atoms with Crippen molar-refractivity contribution in [1.82, 2.24) is 4.57 Å². The van der Waals surface area contributed by atoms with Crippen molar-refractivity contribution in [2.45, 2.75) is 13.8 Å². The molecule has 0 bridgehead atoms. The lowest BCUT2D eigenvalue weighted by Gasteiger charge is -2.22. The van der Waals surface area contributed by atoms with Crippen molar-refractivity contribution in [3.05, 3.63) is 58.2 Å². The number of hydrogen-bond acceptors (Lipinski definition) is 2. The summed E-state index contributed by atoms with van der Waals surface area (Å²) in [6.45, 7) is 5.29. The first kappa shape index (κ1) is 17.6. The summed E-state index contributed by atoms with van der Waals surface area (Å²) in [5.41, 5.74) is 2.28. The van der Waals surface area contributed by atoms with E-state index in [4.69, 9.17) is 23.2 Å². The normalized spacial score (nSPS) is 11.0. The van der Waals surface area contributed by atoms with Crippen molar-refractivity contribution in [1.29, 1.82) is 0 Å². The fraction of sp³-hybridized carbons (Fsp3) is 0.211. The Morgan fingerprint density at radius 2 is 1.72 bits per heavy atom. The van der Waals surface area contributed by atoms with Crippen LogP contribution in [0.5, 0.6) is 0 Å². The lowest BCUT2D eigenvalue weighted by molar-refractivity contribution is 0.0689. The fourth-order valence-corrected chi connectivity index (χ4v) is 3.59. The van der Waals surface area contributed by atoms with Crippen molar-refractivity contribution >= 4 is 45.8 Å². The molecule has 0 aliphatic carbocycles. The summed E-state index contributed by atoms with van der Waals surface area (Å²) >= 11 is 12.7. The third-order valence-electron chi connectivity index (χ3n) is 4.30. The molecule has 1 heterocycles. The number of benzene rings is 2. The van der Waals surface area contributed by atoms with Crippen molar-refractivity contribution in [3.63, 3.8) is 0 Å². The van der Waals surface area contributed by atoms with Gasteiger partial charge < -0.3 is 14.6 Å². The summed E-state index contributed by atoms with van der Waals surface area (Å²) in [4.78, 5) is 14.2. The van der Waals surface area contributed by atoms with E-state index in [0.717, 1.165) is 11.2 Å². The molecule has 0 radical (unpaired) electrons. The van der Waals surface area contributed by atoms with Crippen LogP contribution in [0.15, 0.2) is 42.5 Å². The predicted octanol–water partition coefficient (Wildman–Crippen LogP) is 5.48. The Hall–Kier alpha value is -2.17. The topological polar surface area (TPSA) is 45.5 Å². The zero-order valence-electron chi connectivity index (χ0n) is 14.0. The zero-order chi connectivity index (χ0) is 18.1. The van der Waals surface area contributed by atoms with E-state index in [1.165, 1.54) is 0 Å². The highest BCUT2D eigenvalue weighted by atomic mass is 35.5. The highest BCUT2D eigenvalue weighted by Crippen LogP contribution is 2.43. The first-order valence-corrected chi connectivity index (χ1v) is 8.82. The van der Waals surface area contributed by atoms with Gasteiger partial charge in [0.05, 0.1) is 21.2 Å². The highest BCUT2D eigenvalue weighted by molar-refractivity contribution is 6.46. The number of para-hydroxylation sites is 1. The molecular weight excluding hydrogens is 359 g/mol. The maximum Gasteiger partial charge on any atom is 0.355 e. The van der Waals surface area contributed by atoms with Crippen LogP contribution >= 0.6 is 23.2 Å². The molecule has 0 saturated carbocycles. The van der Waals surface area contributed by atoms with E-state index in [1.807, 2.05) is 55.1 Å². The van der Waals surface area contributed by atoms with E-state index in [0.29, 0.717) is 34.2 Å². The Balaban J connectivity index is 2.53. The first-order chi connectivity index (χ1) is 12.0. The number of rotatable bonds is 5. The van der Waals surface area contributed by atoms with Crippen LogP contribution in [0.2, 0.25) is 10.0 Å². The van der Waals surface area contributed by atoms with Gasteiger partial charge in [0.1, 0.15) is 0 Å². The molecule has 0 aliphatic heterocycles. The number of anilines is 1.